The maximum atomic E-state index is 11.9. The third kappa shape index (κ3) is 3.48. The van der Waals surface area contributed by atoms with Gasteiger partial charge in [-0.15, -0.1) is 11.3 Å². The van der Waals surface area contributed by atoms with Crippen LogP contribution in [-0.4, -0.2) is 5.97 Å². The van der Waals surface area contributed by atoms with E-state index < -0.39 is 5.97 Å². The van der Waals surface area contributed by atoms with Crippen molar-refractivity contribution in [2.75, 3.05) is 0 Å². The highest BCUT2D eigenvalue weighted by atomic mass is 35.5. The summed E-state index contributed by atoms with van der Waals surface area (Å²) in [5, 5.41) is 10.6. The zero-order valence-corrected chi connectivity index (χ0v) is 14.1. The summed E-state index contributed by atoms with van der Waals surface area (Å²) >= 11 is 7.84. The van der Waals surface area contributed by atoms with Crippen molar-refractivity contribution in [1.82, 2.24) is 0 Å². The molecule has 0 unspecified atom stereocenters. The van der Waals surface area contributed by atoms with Gasteiger partial charge in [0.25, 0.3) is 0 Å². The zero-order valence-electron chi connectivity index (χ0n) is 12.5. The van der Waals surface area contributed by atoms with E-state index in [1.807, 2.05) is 24.3 Å². The van der Waals surface area contributed by atoms with Crippen LogP contribution in [0.1, 0.15) is 16.0 Å². The van der Waals surface area contributed by atoms with E-state index in [1.165, 1.54) is 17.4 Å². The number of carbonyl (C=O) groups is 1. The second-order valence-corrected chi connectivity index (χ2v) is 6.45. The molecule has 118 valence electrons. The first-order valence-electron chi connectivity index (χ1n) is 7.19. The van der Waals surface area contributed by atoms with E-state index in [0.717, 1.165) is 15.0 Å². The fraction of sp³-hybridized carbons (Fsp3) is 0.0526. The normalized spacial score (nSPS) is 10.8. The number of hydrogen-bond acceptors (Lipinski definition) is 4. The summed E-state index contributed by atoms with van der Waals surface area (Å²) in [6.45, 7) is 0.0626. The van der Waals surface area contributed by atoms with E-state index in [-0.39, 0.29) is 6.61 Å². The highest BCUT2D eigenvalue weighted by Gasteiger charge is 2.08. The summed E-state index contributed by atoms with van der Waals surface area (Å²) in [7, 11) is 0. The lowest BCUT2D eigenvalue weighted by atomic mass is 10.1. The lowest BCUT2D eigenvalue weighted by Gasteiger charge is -2.03. The molecule has 0 radical (unpaired) electrons. The topological polar surface area (TPSA) is 50.1 Å². The highest BCUT2D eigenvalue weighted by Crippen LogP contribution is 2.35. The molecular formula is C19H12ClNO2S. The minimum Gasteiger partial charge on any atom is -0.458 e. The van der Waals surface area contributed by atoms with Crippen LogP contribution < -0.4 is 0 Å². The Hall–Kier alpha value is -2.61. The van der Waals surface area contributed by atoms with Gasteiger partial charge in [-0.25, -0.2) is 4.79 Å². The van der Waals surface area contributed by atoms with Crippen molar-refractivity contribution in [2.24, 2.45) is 0 Å². The largest absolute Gasteiger partial charge is 0.458 e. The van der Waals surface area contributed by atoms with Crippen molar-refractivity contribution in [3.05, 3.63) is 75.6 Å². The SMILES string of the molecule is N#Cc1ccccc1COC(=O)/C=C/c1sc2ccccc2c1Cl. The van der Waals surface area contributed by atoms with Gasteiger partial charge in [0, 0.05) is 26.6 Å². The van der Waals surface area contributed by atoms with E-state index in [1.54, 1.807) is 30.3 Å². The van der Waals surface area contributed by atoms with Gasteiger partial charge in [0.05, 0.1) is 16.7 Å². The standard InChI is InChI=1S/C19H12ClNO2S/c20-19-15-7-3-4-8-16(15)24-17(19)9-10-18(22)23-12-14-6-2-1-5-13(14)11-21/h1-10H,12H2/b10-9+. The molecule has 0 amide bonds. The summed E-state index contributed by atoms with van der Waals surface area (Å²) in [6, 6.07) is 16.9. The predicted octanol–water partition coefficient (Wildman–Crippen LogP) is 5.18. The molecule has 3 rings (SSSR count). The number of fused-ring (bicyclic) bond motifs is 1. The molecule has 0 fully saturated rings. The molecule has 3 aromatic rings. The smallest absolute Gasteiger partial charge is 0.331 e. The summed E-state index contributed by atoms with van der Waals surface area (Å²) < 4.78 is 6.26. The number of benzene rings is 2. The highest BCUT2D eigenvalue weighted by molar-refractivity contribution is 7.20. The van der Waals surface area contributed by atoms with Gasteiger partial charge >= 0.3 is 5.97 Å². The average Bonchev–Trinajstić information content (AvgIpc) is 2.94. The molecule has 0 N–H and O–H groups in total. The summed E-state index contributed by atoms with van der Waals surface area (Å²) in [4.78, 5) is 12.7. The molecule has 1 heterocycles. The maximum absolute atomic E-state index is 11.9. The lowest BCUT2D eigenvalue weighted by molar-refractivity contribution is -0.138. The molecule has 0 aliphatic heterocycles. The van der Waals surface area contributed by atoms with Crippen LogP contribution in [0.5, 0.6) is 0 Å². The van der Waals surface area contributed by atoms with Gasteiger partial charge in [-0.1, -0.05) is 48.0 Å². The molecule has 0 atom stereocenters. The molecule has 0 aliphatic carbocycles. The fourth-order valence-corrected chi connectivity index (χ4v) is 3.63. The van der Waals surface area contributed by atoms with Crippen molar-refractivity contribution in [1.29, 1.82) is 5.26 Å². The van der Waals surface area contributed by atoms with Crippen LogP contribution in [0.3, 0.4) is 0 Å². The van der Waals surface area contributed by atoms with Crippen LogP contribution >= 0.6 is 22.9 Å². The lowest BCUT2D eigenvalue weighted by Crippen LogP contribution is -2.02. The zero-order chi connectivity index (χ0) is 16.9. The summed E-state index contributed by atoms with van der Waals surface area (Å²) in [6.07, 6.45) is 3.01. The van der Waals surface area contributed by atoms with Crippen LogP contribution in [0.2, 0.25) is 5.02 Å². The van der Waals surface area contributed by atoms with Crippen LogP contribution in [-0.2, 0) is 16.1 Å². The number of rotatable bonds is 4. The number of esters is 1. The number of nitrogens with zero attached hydrogens (tertiary/aromatic N) is 1. The van der Waals surface area contributed by atoms with Crippen LogP contribution in [0, 0.1) is 11.3 Å². The maximum Gasteiger partial charge on any atom is 0.331 e. The molecule has 24 heavy (non-hydrogen) atoms. The Morgan fingerprint density at radius 2 is 1.96 bits per heavy atom. The predicted molar refractivity (Wildman–Crippen MR) is 96.8 cm³/mol. The number of nitriles is 1. The first kappa shape index (κ1) is 16.3. The van der Waals surface area contributed by atoms with Crippen LogP contribution in [0.25, 0.3) is 16.2 Å². The van der Waals surface area contributed by atoms with Crippen molar-refractivity contribution >= 4 is 45.1 Å². The number of halogens is 1. The minimum absolute atomic E-state index is 0.0626. The van der Waals surface area contributed by atoms with Gasteiger partial charge in [-0.3, -0.25) is 0 Å². The number of thiophene rings is 1. The first-order chi connectivity index (χ1) is 11.7. The van der Waals surface area contributed by atoms with E-state index in [0.29, 0.717) is 16.1 Å². The van der Waals surface area contributed by atoms with Crippen molar-refractivity contribution in [3.8, 4) is 6.07 Å². The molecule has 5 heteroatoms. The molecule has 0 spiro atoms. The van der Waals surface area contributed by atoms with E-state index in [9.17, 15) is 4.79 Å². The van der Waals surface area contributed by atoms with Gasteiger partial charge in [0.15, 0.2) is 0 Å². The van der Waals surface area contributed by atoms with E-state index in [4.69, 9.17) is 21.6 Å². The molecule has 0 bridgehead atoms. The van der Waals surface area contributed by atoms with Crippen molar-refractivity contribution in [2.45, 2.75) is 6.61 Å². The molecule has 3 nitrogen and oxygen atoms in total. The summed E-state index contributed by atoms with van der Waals surface area (Å²) in [5.74, 6) is -0.476. The Balaban J connectivity index is 1.69. The number of ether oxygens (including phenoxy) is 1. The third-order valence-corrected chi connectivity index (χ3v) is 5.09. The monoisotopic (exact) mass is 353 g/mol. The van der Waals surface area contributed by atoms with E-state index >= 15 is 0 Å². The Kier molecular flexibility index (Phi) is 4.95. The van der Waals surface area contributed by atoms with E-state index in [2.05, 4.69) is 6.07 Å². The van der Waals surface area contributed by atoms with Crippen molar-refractivity contribution in [3.63, 3.8) is 0 Å². The fourth-order valence-electron chi connectivity index (χ4n) is 2.24. The molecule has 0 saturated carbocycles. The van der Waals surface area contributed by atoms with Gasteiger partial charge in [-0.05, 0) is 18.2 Å². The van der Waals surface area contributed by atoms with Gasteiger partial charge in [-0.2, -0.15) is 5.26 Å². The molecule has 0 saturated heterocycles. The second-order valence-electron chi connectivity index (χ2n) is 4.99. The Labute approximate surface area is 148 Å². The first-order valence-corrected chi connectivity index (χ1v) is 8.38. The Morgan fingerprint density at radius 1 is 1.21 bits per heavy atom. The van der Waals surface area contributed by atoms with Crippen LogP contribution in [0.15, 0.2) is 54.6 Å². The minimum atomic E-state index is -0.476. The quantitative estimate of drug-likeness (QED) is 0.479. The molecule has 0 aliphatic rings. The average molecular weight is 354 g/mol. The van der Waals surface area contributed by atoms with Crippen LogP contribution in [0.4, 0.5) is 0 Å². The third-order valence-electron chi connectivity index (χ3n) is 3.44. The molecular weight excluding hydrogens is 342 g/mol. The Morgan fingerprint density at radius 3 is 2.75 bits per heavy atom. The van der Waals surface area contributed by atoms with Gasteiger partial charge in [0.2, 0.25) is 0 Å². The second kappa shape index (κ2) is 7.31. The van der Waals surface area contributed by atoms with Crippen molar-refractivity contribution < 1.29 is 9.53 Å². The van der Waals surface area contributed by atoms with Gasteiger partial charge < -0.3 is 4.74 Å². The number of carbonyl (C=O) groups excluding carboxylic acids is 1. The number of hydrogen-bond donors (Lipinski definition) is 0. The van der Waals surface area contributed by atoms with Gasteiger partial charge in [0.1, 0.15) is 6.61 Å². The molecule has 1 aromatic heterocycles. The molecule has 2 aromatic carbocycles. The summed E-state index contributed by atoms with van der Waals surface area (Å²) in [5.41, 5.74) is 1.18. The Bertz CT molecular complexity index is 969.